The largest absolute Gasteiger partial charge is 0.487 e. The molecule has 46 heavy (non-hydrogen) atoms. The topological polar surface area (TPSA) is 121 Å². The summed E-state index contributed by atoms with van der Waals surface area (Å²) in [4.78, 5) is 32.2. The average molecular weight is 665 g/mol. The summed E-state index contributed by atoms with van der Waals surface area (Å²) < 4.78 is 22.6. The summed E-state index contributed by atoms with van der Waals surface area (Å²) in [7, 11) is 0. The average Bonchev–Trinajstić information content (AvgIpc) is 3.65. The molecule has 0 radical (unpaired) electrons. The van der Waals surface area contributed by atoms with E-state index in [-0.39, 0.29) is 34.0 Å². The predicted molar refractivity (Wildman–Crippen MR) is 186 cm³/mol. The fraction of sp³-hybridized carbons (Fsp3) is 0.235. The highest BCUT2D eigenvalue weighted by atomic mass is 32.1. The number of para-hydroxylation sites is 4. The summed E-state index contributed by atoms with van der Waals surface area (Å²) in [6.45, 7) is 7.88. The minimum Gasteiger partial charge on any atom is -0.487 e. The van der Waals surface area contributed by atoms with E-state index in [9.17, 15) is 9.59 Å². The zero-order chi connectivity index (χ0) is 32.7. The standard InChI is InChI=1S/C19H18N2O3S.C15H18N2O3S.2H2/c1-14-13-25-19(20-14)21-18(22)12-24-17-10-6-5-9-16(17)23-11-15-7-3-2-4-8-15;1-10(2)20-13-7-5-4-6-12(13)19-8-14(18)17-15-16-11(3)9-21-15;;/h2-10,13H,11-12H2,1H3,(H,20,21,22);4-7,9-10H,8H2,1-3H3,(H,16,17,18);2*1H. The minimum absolute atomic E-state index is 0. The van der Waals surface area contributed by atoms with Crippen LogP contribution in [0.5, 0.6) is 23.0 Å². The van der Waals surface area contributed by atoms with Gasteiger partial charge in [0, 0.05) is 13.6 Å². The summed E-state index contributed by atoms with van der Waals surface area (Å²) in [6, 6.07) is 24.5. The van der Waals surface area contributed by atoms with E-state index in [0.717, 1.165) is 17.0 Å². The van der Waals surface area contributed by atoms with Gasteiger partial charge in [0.2, 0.25) is 0 Å². The zero-order valence-corrected chi connectivity index (χ0v) is 27.7. The molecule has 2 amide bonds. The molecule has 2 aromatic heterocycles. The molecule has 244 valence electrons. The number of aryl methyl sites for hydroxylation is 2. The summed E-state index contributed by atoms with van der Waals surface area (Å²) in [6.07, 6.45) is 0.0434. The second kappa shape index (κ2) is 17.5. The molecule has 5 rings (SSSR count). The number of rotatable bonds is 13. The van der Waals surface area contributed by atoms with Crippen LogP contribution < -0.4 is 29.6 Å². The van der Waals surface area contributed by atoms with Gasteiger partial charge in [-0.05, 0) is 57.5 Å². The Labute approximate surface area is 279 Å². The highest BCUT2D eigenvalue weighted by Gasteiger charge is 2.11. The molecule has 5 aromatic rings. The van der Waals surface area contributed by atoms with Gasteiger partial charge in [-0.3, -0.25) is 20.2 Å². The molecule has 0 unspecified atom stereocenters. The molecule has 0 aliphatic rings. The molecule has 0 fully saturated rings. The van der Waals surface area contributed by atoms with Gasteiger partial charge in [-0.2, -0.15) is 0 Å². The Kier molecular flexibility index (Phi) is 12.9. The number of nitrogens with zero attached hydrogens (tertiary/aromatic N) is 2. The van der Waals surface area contributed by atoms with E-state index >= 15 is 0 Å². The second-order valence-corrected chi connectivity index (χ2v) is 11.8. The number of carbonyl (C=O) groups is 2. The van der Waals surface area contributed by atoms with Crippen LogP contribution in [0, 0.1) is 13.8 Å². The molecule has 0 bridgehead atoms. The number of ether oxygens (including phenoxy) is 4. The number of benzene rings is 3. The van der Waals surface area contributed by atoms with Crippen molar-refractivity contribution in [3.8, 4) is 23.0 Å². The van der Waals surface area contributed by atoms with Gasteiger partial charge in [-0.15, -0.1) is 22.7 Å². The van der Waals surface area contributed by atoms with Crippen molar-refractivity contribution in [3.63, 3.8) is 0 Å². The molecule has 10 nitrogen and oxygen atoms in total. The quantitative estimate of drug-likeness (QED) is 0.131. The number of anilines is 2. The van der Waals surface area contributed by atoms with E-state index < -0.39 is 0 Å². The van der Waals surface area contributed by atoms with Crippen molar-refractivity contribution in [3.05, 3.63) is 107 Å². The van der Waals surface area contributed by atoms with Gasteiger partial charge in [-0.1, -0.05) is 54.6 Å². The fourth-order valence-corrected chi connectivity index (χ4v) is 5.17. The SMILES string of the molecule is Cc1csc(NC(=O)COc2ccccc2OC(C)C)n1.Cc1csc(NC(=O)COc2ccccc2OCc2ccccc2)n1.[HH].[HH]. The lowest BCUT2D eigenvalue weighted by atomic mass is 10.2. The molecule has 0 aliphatic heterocycles. The molecule has 3 aromatic carbocycles. The van der Waals surface area contributed by atoms with Crippen LogP contribution in [0.25, 0.3) is 0 Å². The summed E-state index contributed by atoms with van der Waals surface area (Å²) in [5.41, 5.74) is 2.82. The van der Waals surface area contributed by atoms with Crippen molar-refractivity contribution in [2.45, 2.75) is 40.4 Å². The maximum atomic E-state index is 12.0. The molecular formula is C34H40N4O6S2. The minimum atomic E-state index is -0.257. The molecule has 0 atom stereocenters. The van der Waals surface area contributed by atoms with Crippen LogP contribution in [0.15, 0.2) is 89.6 Å². The van der Waals surface area contributed by atoms with Gasteiger partial charge in [0.1, 0.15) is 6.61 Å². The molecule has 0 saturated carbocycles. The highest BCUT2D eigenvalue weighted by molar-refractivity contribution is 7.14. The van der Waals surface area contributed by atoms with Crippen LogP contribution in [-0.4, -0.2) is 41.1 Å². The van der Waals surface area contributed by atoms with Crippen LogP contribution in [0.3, 0.4) is 0 Å². The Bertz CT molecular complexity index is 1700. The van der Waals surface area contributed by atoms with Crippen molar-refractivity contribution in [1.29, 1.82) is 0 Å². The smallest absolute Gasteiger partial charge is 0.264 e. The first-order valence-electron chi connectivity index (χ1n) is 14.5. The summed E-state index contributed by atoms with van der Waals surface area (Å²) in [5.74, 6) is 1.81. The Balaban J connectivity index is 0.000000325. The molecule has 12 heteroatoms. The lowest BCUT2D eigenvalue weighted by molar-refractivity contribution is -0.118. The van der Waals surface area contributed by atoms with E-state index in [1.165, 1.54) is 22.7 Å². The van der Waals surface area contributed by atoms with Crippen LogP contribution in [0.4, 0.5) is 10.3 Å². The third kappa shape index (κ3) is 11.5. The monoisotopic (exact) mass is 664 g/mol. The lowest BCUT2D eigenvalue weighted by Gasteiger charge is -2.14. The maximum absolute atomic E-state index is 12.0. The van der Waals surface area contributed by atoms with E-state index in [1.54, 1.807) is 12.1 Å². The predicted octanol–water partition coefficient (Wildman–Crippen LogP) is 7.80. The van der Waals surface area contributed by atoms with E-state index in [4.69, 9.17) is 18.9 Å². The van der Waals surface area contributed by atoms with Gasteiger partial charge in [0.15, 0.2) is 46.5 Å². The first kappa shape index (κ1) is 33.9. The first-order valence-corrected chi connectivity index (χ1v) is 16.2. The number of amides is 2. The number of aromatic nitrogens is 2. The Morgan fingerprint density at radius 1 is 0.674 bits per heavy atom. The van der Waals surface area contributed by atoms with Crippen LogP contribution in [0.2, 0.25) is 0 Å². The third-order valence-electron chi connectivity index (χ3n) is 5.75. The van der Waals surface area contributed by atoms with Gasteiger partial charge in [-0.25, -0.2) is 9.97 Å². The lowest BCUT2D eigenvalue weighted by Crippen LogP contribution is -2.20. The van der Waals surface area contributed by atoms with Gasteiger partial charge in [0.05, 0.1) is 17.5 Å². The number of carbonyl (C=O) groups excluding carboxylic acids is 2. The molecule has 2 heterocycles. The van der Waals surface area contributed by atoms with Crippen LogP contribution in [-0.2, 0) is 16.2 Å². The highest BCUT2D eigenvalue weighted by Crippen LogP contribution is 2.28. The Hall–Kier alpha value is -4.94. The van der Waals surface area contributed by atoms with Gasteiger partial charge >= 0.3 is 0 Å². The Morgan fingerprint density at radius 3 is 1.57 bits per heavy atom. The first-order chi connectivity index (χ1) is 22.2. The molecule has 0 aliphatic carbocycles. The number of hydrogen-bond acceptors (Lipinski definition) is 10. The van der Waals surface area contributed by atoms with Crippen molar-refractivity contribution in [2.24, 2.45) is 0 Å². The summed E-state index contributed by atoms with van der Waals surface area (Å²) in [5, 5.41) is 10.3. The van der Waals surface area contributed by atoms with Crippen LogP contribution in [0.1, 0.15) is 33.7 Å². The number of hydrogen-bond donors (Lipinski definition) is 2. The van der Waals surface area contributed by atoms with Crippen molar-refractivity contribution < 1.29 is 31.4 Å². The zero-order valence-electron chi connectivity index (χ0n) is 26.0. The van der Waals surface area contributed by atoms with Crippen LogP contribution >= 0.6 is 22.7 Å². The van der Waals surface area contributed by atoms with E-state index in [1.807, 2.05) is 105 Å². The Morgan fingerprint density at radius 2 is 1.11 bits per heavy atom. The molecule has 2 N–H and O–H groups in total. The molecular weight excluding hydrogens is 625 g/mol. The molecule has 0 spiro atoms. The number of nitrogens with one attached hydrogen (secondary N) is 2. The second-order valence-electron chi connectivity index (χ2n) is 10.1. The van der Waals surface area contributed by atoms with Gasteiger partial charge in [0.25, 0.3) is 11.8 Å². The normalized spacial score (nSPS) is 10.4. The van der Waals surface area contributed by atoms with E-state index in [2.05, 4.69) is 20.6 Å². The van der Waals surface area contributed by atoms with Gasteiger partial charge < -0.3 is 18.9 Å². The summed E-state index contributed by atoms with van der Waals surface area (Å²) >= 11 is 2.77. The van der Waals surface area contributed by atoms with Crippen molar-refractivity contribution in [1.82, 2.24) is 9.97 Å². The number of thiazole rings is 2. The van der Waals surface area contributed by atoms with E-state index in [0.29, 0.717) is 39.9 Å². The van der Waals surface area contributed by atoms with Crippen molar-refractivity contribution >= 4 is 44.8 Å². The fourth-order valence-electron chi connectivity index (χ4n) is 3.76. The maximum Gasteiger partial charge on any atom is 0.264 e. The van der Waals surface area contributed by atoms with Crippen molar-refractivity contribution in [2.75, 3.05) is 23.8 Å². The molecule has 0 saturated heterocycles. The third-order valence-corrected chi connectivity index (χ3v) is 7.50.